The van der Waals surface area contributed by atoms with Crippen molar-refractivity contribution >= 4 is 5.82 Å². The van der Waals surface area contributed by atoms with Crippen LogP contribution in [-0.4, -0.2) is 22.8 Å². The number of para-hydroxylation sites is 1. The van der Waals surface area contributed by atoms with Crippen LogP contribution >= 0.6 is 0 Å². The number of hydrogen-bond donors (Lipinski definition) is 1. The predicted octanol–water partition coefficient (Wildman–Crippen LogP) is 3.16. The lowest BCUT2D eigenvalue weighted by atomic mass is 10.2. The maximum absolute atomic E-state index is 12.1. The van der Waals surface area contributed by atoms with Crippen LogP contribution in [0.15, 0.2) is 71.7 Å². The second-order valence-electron chi connectivity index (χ2n) is 6.35. The zero-order valence-corrected chi connectivity index (χ0v) is 16.4. The normalized spacial score (nSPS) is 11.9. The van der Waals surface area contributed by atoms with Gasteiger partial charge in [-0.05, 0) is 24.6 Å². The molecule has 0 bridgehead atoms. The first-order valence-corrected chi connectivity index (χ1v) is 9.46. The summed E-state index contributed by atoms with van der Waals surface area (Å²) in [5.74, 6) is 0.933. The molecule has 0 aliphatic heterocycles. The molecule has 3 aromatic rings. The van der Waals surface area contributed by atoms with E-state index in [1.807, 2.05) is 61.5 Å². The highest BCUT2D eigenvalue weighted by Crippen LogP contribution is 2.21. The second kappa shape index (κ2) is 10.4. The Labute approximate surface area is 169 Å². The van der Waals surface area contributed by atoms with Crippen LogP contribution in [0.3, 0.4) is 0 Å². The summed E-state index contributed by atoms with van der Waals surface area (Å²) < 4.78 is 18.8. The summed E-state index contributed by atoms with van der Waals surface area (Å²) in [6, 6.07) is 19.2. The van der Waals surface area contributed by atoms with Gasteiger partial charge in [0.05, 0.1) is 13.2 Å². The molecule has 1 unspecified atom stereocenters. The molecule has 7 nitrogen and oxygen atoms in total. The van der Waals surface area contributed by atoms with Crippen molar-refractivity contribution in [2.75, 3.05) is 18.9 Å². The van der Waals surface area contributed by atoms with Crippen molar-refractivity contribution in [1.29, 1.82) is 0 Å². The van der Waals surface area contributed by atoms with E-state index in [0.717, 1.165) is 16.9 Å². The Morgan fingerprint density at radius 2 is 1.79 bits per heavy atom. The highest BCUT2D eigenvalue weighted by atomic mass is 16.5. The van der Waals surface area contributed by atoms with E-state index in [1.165, 1.54) is 4.57 Å². The molecule has 152 valence electrons. The standard InChI is InChI=1S/C22H25N3O4/c1-2-28-21(25-13-12-20(23)24-22(25)26)16-27-15-18-10-6-7-11-19(18)29-14-17-8-4-3-5-9-17/h3-13,21H,2,14-16H2,1H3,(H2,23,24,26). The minimum atomic E-state index is -0.585. The lowest BCUT2D eigenvalue weighted by Crippen LogP contribution is -2.31. The van der Waals surface area contributed by atoms with E-state index in [9.17, 15) is 4.79 Å². The van der Waals surface area contributed by atoms with Crippen LogP contribution in [0.5, 0.6) is 5.75 Å². The maximum atomic E-state index is 12.1. The van der Waals surface area contributed by atoms with Crippen molar-refractivity contribution in [3.63, 3.8) is 0 Å². The molecule has 0 spiro atoms. The number of rotatable bonds is 10. The van der Waals surface area contributed by atoms with Gasteiger partial charge in [-0.2, -0.15) is 4.98 Å². The molecule has 0 aliphatic carbocycles. The smallest absolute Gasteiger partial charge is 0.351 e. The Morgan fingerprint density at radius 3 is 2.55 bits per heavy atom. The first kappa shape index (κ1) is 20.6. The van der Waals surface area contributed by atoms with Crippen LogP contribution in [0.2, 0.25) is 0 Å². The van der Waals surface area contributed by atoms with Crippen LogP contribution in [-0.2, 0) is 22.7 Å². The molecule has 2 N–H and O–H groups in total. The van der Waals surface area contributed by atoms with Crippen molar-refractivity contribution in [3.05, 3.63) is 88.5 Å². The SMILES string of the molecule is CCOC(COCc1ccccc1OCc1ccccc1)n1ccc(N)nc1=O. The molecule has 0 saturated carbocycles. The molecule has 2 aromatic carbocycles. The molecule has 0 amide bonds. The van der Waals surface area contributed by atoms with Gasteiger partial charge in [0, 0.05) is 18.4 Å². The first-order valence-electron chi connectivity index (χ1n) is 9.46. The number of ether oxygens (including phenoxy) is 3. The summed E-state index contributed by atoms with van der Waals surface area (Å²) >= 11 is 0. The number of nitrogens with two attached hydrogens (primary N) is 1. The van der Waals surface area contributed by atoms with Crippen LogP contribution < -0.4 is 16.2 Å². The molecule has 1 heterocycles. The van der Waals surface area contributed by atoms with Gasteiger partial charge in [-0.3, -0.25) is 4.57 Å². The van der Waals surface area contributed by atoms with Crippen LogP contribution in [0, 0.1) is 0 Å². The molecule has 1 atom stereocenters. The molecular formula is C22H25N3O4. The monoisotopic (exact) mass is 395 g/mol. The maximum Gasteiger partial charge on any atom is 0.351 e. The van der Waals surface area contributed by atoms with Gasteiger partial charge >= 0.3 is 5.69 Å². The van der Waals surface area contributed by atoms with Gasteiger partial charge in [0.2, 0.25) is 0 Å². The van der Waals surface area contributed by atoms with E-state index in [4.69, 9.17) is 19.9 Å². The zero-order valence-electron chi connectivity index (χ0n) is 16.4. The van der Waals surface area contributed by atoms with Gasteiger partial charge in [-0.25, -0.2) is 4.79 Å². The van der Waals surface area contributed by atoms with Gasteiger partial charge in [0.1, 0.15) is 18.2 Å². The molecule has 0 aliphatic rings. The third-order valence-electron chi connectivity index (χ3n) is 4.25. The van der Waals surface area contributed by atoms with E-state index < -0.39 is 11.9 Å². The molecule has 7 heteroatoms. The summed E-state index contributed by atoms with van der Waals surface area (Å²) in [5, 5.41) is 0. The summed E-state index contributed by atoms with van der Waals surface area (Å²) in [6.45, 7) is 3.28. The second-order valence-corrected chi connectivity index (χ2v) is 6.35. The van der Waals surface area contributed by atoms with E-state index in [0.29, 0.717) is 19.8 Å². The molecular weight excluding hydrogens is 370 g/mol. The fraction of sp³-hybridized carbons (Fsp3) is 0.273. The summed E-state index contributed by atoms with van der Waals surface area (Å²) in [6.07, 6.45) is 0.976. The lowest BCUT2D eigenvalue weighted by Gasteiger charge is -2.20. The summed E-state index contributed by atoms with van der Waals surface area (Å²) in [5.41, 5.74) is 7.09. The fourth-order valence-electron chi connectivity index (χ4n) is 2.82. The molecule has 0 saturated heterocycles. The summed E-state index contributed by atoms with van der Waals surface area (Å²) in [7, 11) is 0. The minimum Gasteiger partial charge on any atom is -0.489 e. The molecule has 1 aromatic heterocycles. The average molecular weight is 395 g/mol. The third kappa shape index (κ3) is 5.91. The van der Waals surface area contributed by atoms with Crippen LogP contribution in [0.25, 0.3) is 0 Å². The topological polar surface area (TPSA) is 88.6 Å². The summed E-state index contributed by atoms with van der Waals surface area (Å²) in [4.78, 5) is 15.8. The van der Waals surface area contributed by atoms with Crippen molar-refractivity contribution in [1.82, 2.24) is 9.55 Å². The number of hydrogen-bond acceptors (Lipinski definition) is 6. The number of nitrogen functional groups attached to an aromatic ring is 1. The van der Waals surface area contributed by atoms with Gasteiger partial charge in [0.25, 0.3) is 0 Å². The van der Waals surface area contributed by atoms with Crippen molar-refractivity contribution in [2.24, 2.45) is 0 Å². The highest BCUT2D eigenvalue weighted by molar-refractivity contribution is 5.33. The zero-order chi connectivity index (χ0) is 20.5. The largest absolute Gasteiger partial charge is 0.489 e. The molecule has 0 fully saturated rings. The first-order chi connectivity index (χ1) is 14.2. The van der Waals surface area contributed by atoms with Gasteiger partial charge in [-0.15, -0.1) is 0 Å². The van der Waals surface area contributed by atoms with E-state index in [1.54, 1.807) is 12.3 Å². The average Bonchev–Trinajstić information content (AvgIpc) is 2.73. The number of benzene rings is 2. The fourth-order valence-corrected chi connectivity index (χ4v) is 2.82. The van der Waals surface area contributed by atoms with E-state index in [2.05, 4.69) is 4.98 Å². The van der Waals surface area contributed by atoms with E-state index >= 15 is 0 Å². The number of aromatic nitrogens is 2. The van der Waals surface area contributed by atoms with Gasteiger partial charge in [0.15, 0.2) is 6.23 Å². The molecule has 29 heavy (non-hydrogen) atoms. The lowest BCUT2D eigenvalue weighted by molar-refractivity contribution is -0.0600. The molecule has 3 rings (SSSR count). The predicted molar refractivity (Wildman–Crippen MR) is 110 cm³/mol. The number of nitrogens with zero attached hydrogens (tertiary/aromatic N) is 2. The quantitative estimate of drug-likeness (QED) is 0.567. The molecule has 0 radical (unpaired) electrons. The Balaban J connectivity index is 1.62. The Bertz CT molecular complexity index is 960. The number of anilines is 1. The Morgan fingerprint density at radius 1 is 1.03 bits per heavy atom. The Hall–Kier alpha value is -3.16. The van der Waals surface area contributed by atoms with Crippen molar-refractivity contribution < 1.29 is 14.2 Å². The van der Waals surface area contributed by atoms with Crippen LogP contribution in [0.4, 0.5) is 5.82 Å². The van der Waals surface area contributed by atoms with Crippen molar-refractivity contribution in [2.45, 2.75) is 26.4 Å². The van der Waals surface area contributed by atoms with Crippen molar-refractivity contribution in [3.8, 4) is 5.75 Å². The Kier molecular flexibility index (Phi) is 7.38. The minimum absolute atomic E-state index is 0.173. The highest BCUT2D eigenvalue weighted by Gasteiger charge is 2.14. The van der Waals surface area contributed by atoms with E-state index in [-0.39, 0.29) is 12.4 Å². The van der Waals surface area contributed by atoms with Gasteiger partial charge < -0.3 is 19.9 Å². The van der Waals surface area contributed by atoms with Gasteiger partial charge in [-0.1, -0.05) is 48.5 Å². The van der Waals surface area contributed by atoms with Crippen LogP contribution in [0.1, 0.15) is 24.3 Å². The third-order valence-corrected chi connectivity index (χ3v) is 4.25.